The van der Waals surface area contributed by atoms with E-state index >= 15 is 0 Å². The monoisotopic (exact) mass is 1070 g/mol. The van der Waals surface area contributed by atoms with Gasteiger partial charge >= 0.3 is 6.09 Å². The molecule has 10 fully saturated rings. The Morgan fingerprint density at radius 1 is 0.573 bits per heavy atom. The Balaban J connectivity index is 0.000000167. The summed E-state index contributed by atoms with van der Waals surface area (Å²) in [5, 5.41) is 21.6. The molecule has 8 heterocycles. The molecule has 0 radical (unpaired) electrons. The molecule has 0 bridgehead atoms. The number of oxime groups is 1. The molecule has 2 saturated carbocycles. The van der Waals surface area contributed by atoms with E-state index in [0.717, 1.165) is 115 Å². The number of ketones is 3. The summed E-state index contributed by atoms with van der Waals surface area (Å²) in [4.78, 5) is 58.2. The number of hydrogen-bond donors (Lipinski definition) is 4. The summed E-state index contributed by atoms with van der Waals surface area (Å²) in [5.74, 6) is -0.00874. The fourth-order valence-corrected chi connectivity index (χ4v) is 11.2. The SMILES string of the molecule is CC1CC(=O)CCCN1.CC1CC(=O)CCCN1C(=O)OC(C)(C)C.CC1CC2(CC/C1=N/O)OCCO2.CC1CC2(CCC(=O)N1)OCCO2.CC1CC2(CCC1=O)OCCO2.CC1CC2(CCCN1)OCCO2. The van der Waals surface area contributed by atoms with Crippen LogP contribution in [0, 0.1) is 11.8 Å². The number of likely N-dealkylation sites (tertiary alicyclic amines) is 1. The van der Waals surface area contributed by atoms with Crippen molar-refractivity contribution in [3.63, 3.8) is 0 Å². The van der Waals surface area contributed by atoms with Gasteiger partial charge < -0.3 is 68.7 Å². The zero-order valence-corrected chi connectivity index (χ0v) is 47.0. The minimum absolute atomic E-state index is 0.0511. The van der Waals surface area contributed by atoms with Gasteiger partial charge in [0.25, 0.3) is 0 Å². The second kappa shape index (κ2) is 29.7. The standard InChI is InChI=1S/C12H21NO3.2C9H15NO3.C9H17NO2.C9H14O3.C7H13NO/c1-9-8-10(14)6-5-7-13(9)11(15)16-12(2,3)4;1-7-6-9(12-4-5-13-9)3-2-8(11)10-7;1-7-6-9(12-4-5-13-9)3-2-8(7)10-11;1-8-7-9(3-2-4-10-8)11-5-6-12-9;1-7-6-9(3-2-8(7)10)11-4-5-12-9;1-6-5-7(9)3-2-4-8-6/h9H,5-8H2,1-4H3;7H,2-6H2,1H3,(H,10,11);7,11H,2-6H2,1H3;8,10H,2-7H2,1H3;7H,2-6H2,1H3;6,8H,2-5H2,1H3/b;;10-8-;;;. The molecule has 75 heavy (non-hydrogen) atoms. The lowest BCUT2D eigenvalue weighted by molar-refractivity contribution is -0.187. The molecule has 8 saturated heterocycles. The zero-order chi connectivity index (χ0) is 54.7. The van der Waals surface area contributed by atoms with E-state index in [2.05, 4.69) is 35.0 Å². The first-order valence-electron chi connectivity index (χ1n) is 28.2. The maximum absolute atomic E-state index is 11.9. The molecule has 10 rings (SSSR count). The highest BCUT2D eigenvalue weighted by atomic mass is 16.8. The molecular weight excluding hydrogens is 971 g/mol. The molecule has 10 aliphatic rings. The maximum atomic E-state index is 11.9. The molecule has 8 aliphatic heterocycles. The molecule has 0 aromatic carbocycles. The number of hydrogen-bond acceptors (Lipinski definition) is 18. The highest BCUT2D eigenvalue weighted by molar-refractivity contribution is 5.87. The Bertz CT molecular complexity index is 1840. The van der Waals surface area contributed by atoms with Crippen LogP contribution in [0.2, 0.25) is 0 Å². The molecule has 2 amide bonds. The number of carbonyl (C=O) groups excluding carboxylic acids is 5. The van der Waals surface area contributed by atoms with E-state index in [4.69, 9.17) is 47.8 Å². The van der Waals surface area contributed by atoms with Crippen LogP contribution in [-0.2, 0) is 61.8 Å². The van der Waals surface area contributed by atoms with Crippen LogP contribution < -0.4 is 16.0 Å². The van der Waals surface area contributed by atoms with Gasteiger partial charge in [-0.1, -0.05) is 19.0 Å². The van der Waals surface area contributed by atoms with Crippen molar-refractivity contribution < 1.29 is 71.8 Å². The fraction of sp³-hybridized carbons (Fsp3) is 0.891. The Kier molecular flexibility index (Phi) is 24.8. The fourth-order valence-electron chi connectivity index (χ4n) is 11.2. The number of carbonyl (C=O) groups is 5. The Hall–Kier alpha value is -3.18. The van der Waals surface area contributed by atoms with Crippen LogP contribution in [0.3, 0.4) is 0 Å². The first-order chi connectivity index (χ1) is 35.6. The van der Waals surface area contributed by atoms with Crippen LogP contribution in [0.25, 0.3) is 0 Å². The molecule has 6 atom stereocenters. The molecule has 20 nitrogen and oxygen atoms in total. The van der Waals surface area contributed by atoms with Crippen molar-refractivity contribution in [2.75, 3.05) is 72.5 Å². The average molecular weight is 1070 g/mol. The van der Waals surface area contributed by atoms with Crippen molar-refractivity contribution in [2.24, 2.45) is 17.0 Å². The second-order valence-electron chi connectivity index (χ2n) is 23.1. The summed E-state index contributed by atoms with van der Waals surface area (Å²) in [6, 6.07) is 1.02. The summed E-state index contributed by atoms with van der Waals surface area (Å²) in [6.45, 7) is 26.0. The molecule has 4 spiro atoms. The molecular formula is C55H95N5O15. The van der Waals surface area contributed by atoms with E-state index in [-0.39, 0.29) is 53.3 Å². The Morgan fingerprint density at radius 3 is 1.59 bits per heavy atom. The van der Waals surface area contributed by atoms with E-state index < -0.39 is 17.2 Å². The average Bonchev–Trinajstić information content (AvgIpc) is 4.12. The van der Waals surface area contributed by atoms with Crippen molar-refractivity contribution >= 4 is 35.1 Å². The summed E-state index contributed by atoms with van der Waals surface area (Å²) >= 11 is 0. The van der Waals surface area contributed by atoms with Crippen LogP contribution in [0.4, 0.5) is 4.79 Å². The Labute approximate surface area is 446 Å². The van der Waals surface area contributed by atoms with Gasteiger partial charge in [-0.05, 0) is 87.2 Å². The highest BCUT2D eigenvalue weighted by Crippen LogP contribution is 2.39. The summed E-state index contributed by atoms with van der Waals surface area (Å²) in [7, 11) is 0. The summed E-state index contributed by atoms with van der Waals surface area (Å²) in [6.07, 6.45) is 13.6. The number of ether oxygens (including phenoxy) is 9. The highest BCUT2D eigenvalue weighted by Gasteiger charge is 2.45. The van der Waals surface area contributed by atoms with Gasteiger partial charge in [-0.15, -0.1) is 0 Å². The number of nitrogens with zero attached hydrogens (tertiary/aromatic N) is 2. The van der Waals surface area contributed by atoms with Crippen LogP contribution in [0.15, 0.2) is 5.16 Å². The molecule has 2 aliphatic carbocycles. The van der Waals surface area contributed by atoms with Gasteiger partial charge in [0.05, 0.1) is 58.6 Å². The van der Waals surface area contributed by atoms with Gasteiger partial charge in [0, 0.05) is 132 Å². The van der Waals surface area contributed by atoms with Crippen LogP contribution >= 0.6 is 0 Å². The Morgan fingerprint density at radius 2 is 1.04 bits per heavy atom. The van der Waals surface area contributed by atoms with E-state index in [1.165, 1.54) is 0 Å². The molecule has 430 valence electrons. The zero-order valence-electron chi connectivity index (χ0n) is 47.0. The van der Waals surface area contributed by atoms with Crippen molar-refractivity contribution in [1.29, 1.82) is 0 Å². The van der Waals surface area contributed by atoms with Gasteiger partial charge in [-0.25, -0.2) is 4.79 Å². The van der Waals surface area contributed by atoms with Crippen molar-refractivity contribution in [1.82, 2.24) is 20.9 Å². The first-order valence-corrected chi connectivity index (χ1v) is 28.2. The number of Topliss-reactive ketones (excluding diaryl/α,β-unsaturated/α-hetero) is 3. The van der Waals surface area contributed by atoms with E-state index in [9.17, 15) is 24.0 Å². The number of rotatable bonds is 0. The molecule has 6 unspecified atom stereocenters. The predicted molar refractivity (Wildman–Crippen MR) is 279 cm³/mol. The quantitative estimate of drug-likeness (QED) is 0.143. The van der Waals surface area contributed by atoms with E-state index in [1.54, 1.807) is 4.90 Å². The number of amides is 2. The van der Waals surface area contributed by atoms with Crippen LogP contribution in [0.5, 0.6) is 0 Å². The smallest absolute Gasteiger partial charge is 0.410 e. The lowest BCUT2D eigenvalue weighted by Crippen LogP contribution is -2.42. The topological polar surface area (TPSA) is 240 Å². The molecule has 4 N–H and O–H groups in total. The third-order valence-electron chi connectivity index (χ3n) is 15.0. The summed E-state index contributed by atoms with van der Waals surface area (Å²) in [5.41, 5.74) is 0.386. The lowest BCUT2D eigenvalue weighted by atomic mass is 9.84. The number of nitrogens with one attached hydrogen (secondary N) is 3. The largest absolute Gasteiger partial charge is 0.444 e. The van der Waals surface area contributed by atoms with Gasteiger partial charge in [-0.3, -0.25) is 19.2 Å². The van der Waals surface area contributed by atoms with E-state index in [0.29, 0.717) is 102 Å². The predicted octanol–water partition coefficient (Wildman–Crippen LogP) is 6.89. The first kappa shape index (κ1) is 62.7. The molecule has 20 heteroatoms. The minimum Gasteiger partial charge on any atom is -0.444 e. The minimum atomic E-state index is -0.479. The van der Waals surface area contributed by atoms with E-state index in [1.807, 2.05) is 48.5 Å². The third-order valence-corrected chi connectivity index (χ3v) is 15.0. The molecule has 0 aromatic heterocycles. The maximum Gasteiger partial charge on any atom is 0.410 e. The van der Waals surface area contributed by atoms with Crippen LogP contribution in [0.1, 0.15) is 178 Å². The third kappa shape index (κ3) is 20.9. The van der Waals surface area contributed by atoms with Gasteiger partial charge in [0.1, 0.15) is 23.0 Å². The van der Waals surface area contributed by atoms with Crippen molar-refractivity contribution in [3.8, 4) is 0 Å². The second-order valence-corrected chi connectivity index (χ2v) is 23.1. The van der Waals surface area contributed by atoms with Gasteiger partial charge in [0.2, 0.25) is 5.91 Å². The molecule has 0 aromatic rings. The van der Waals surface area contributed by atoms with Crippen molar-refractivity contribution in [2.45, 2.75) is 231 Å². The van der Waals surface area contributed by atoms with Gasteiger partial charge in [-0.2, -0.15) is 0 Å². The van der Waals surface area contributed by atoms with Gasteiger partial charge in [0.15, 0.2) is 23.1 Å². The van der Waals surface area contributed by atoms with Crippen LogP contribution in [-0.4, -0.2) is 171 Å². The normalized spacial score (nSPS) is 31.5. The summed E-state index contributed by atoms with van der Waals surface area (Å²) < 4.78 is 50.0. The lowest BCUT2D eigenvalue weighted by Gasteiger charge is -2.34. The van der Waals surface area contributed by atoms with Crippen molar-refractivity contribution in [3.05, 3.63) is 0 Å².